The number of carboxylic acid groups (broad SMARTS) is 1. The maximum atomic E-state index is 12.6. The molecule has 0 radical (unpaired) electrons. The van der Waals surface area contributed by atoms with Crippen molar-refractivity contribution in [1.82, 2.24) is 15.2 Å². The largest absolute Gasteiger partial charge is 0.573 e. The van der Waals surface area contributed by atoms with E-state index in [-0.39, 0.29) is 17.0 Å². The second kappa shape index (κ2) is 12.2. The van der Waals surface area contributed by atoms with Gasteiger partial charge in [0.05, 0.1) is 10.6 Å². The second-order valence-electron chi connectivity index (χ2n) is 9.68. The molecule has 1 fully saturated rings. The van der Waals surface area contributed by atoms with Gasteiger partial charge >= 0.3 is 12.3 Å². The molecule has 38 heavy (non-hydrogen) atoms. The van der Waals surface area contributed by atoms with Crippen LogP contribution in [0.25, 0.3) is 0 Å². The van der Waals surface area contributed by atoms with Crippen LogP contribution in [-0.2, 0) is 17.6 Å². The minimum absolute atomic E-state index is 0.118. The number of aryl methyl sites for hydroxylation is 2. The van der Waals surface area contributed by atoms with Crippen molar-refractivity contribution in [3.8, 4) is 5.75 Å². The van der Waals surface area contributed by atoms with Gasteiger partial charge in [-0.05, 0) is 80.8 Å². The monoisotopic (exact) mass is 554 g/mol. The number of nitrogens with zero attached hydrogens (tertiary/aromatic N) is 2. The Balaban J connectivity index is 1.26. The number of halogens is 4. The van der Waals surface area contributed by atoms with Gasteiger partial charge in [-0.2, -0.15) is 0 Å². The first-order valence-electron chi connectivity index (χ1n) is 12.6. The summed E-state index contributed by atoms with van der Waals surface area (Å²) in [7, 11) is 0. The summed E-state index contributed by atoms with van der Waals surface area (Å²) >= 11 is 5.97. The average molecular weight is 555 g/mol. The number of rotatable bonds is 10. The van der Waals surface area contributed by atoms with Crippen molar-refractivity contribution in [2.45, 2.75) is 50.9 Å². The number of nitrogens with one attached hydrogen (secondary N) is 2. The number of carbonyl (C=O) groups is 2. The van der Waals surface area contributed by atoms with Gasteiger partial charge in [-0.1, -0.05) is 17.7 Å². The van der Waals surface area contributed by atoms with Crippen molar-refractivity contribution in [1.29, 1.82) is 0 Å². The summed E-state index contributed by atoms with van der Waals surface area (Å²) in [5.41, 5.74) is 2.03. The van der Waals surface area contributed by atoms with Crippen LogP contribution < -0.4 is 15.4 Å². The Labute approximate surface area is 223 Å². The molecule has 1 aromatic carbocycles. The van der Waals surface area contributed by atoms with Gasteiger partial charge in [0, 0.05) is 25.3 Å². The number of hydrogen-bond acceptors (Lipinski definition) is 6. The zero-order valence-corrected chi connectivity index (χ0v) is 21.4. The number of aliphatic carboxylic acids is 1. The molecule has 1 aromatic heterocycles. The number of carboxylic acids is 1. The predicted molar refractivity (Wildman–Crippen MR) is 136 cm³/mol. The summed E-state index contributed by atoms with van der Waals surface area (Å²) in [5.74, 6) is -1.29. The zero-order chi connectivity index (χ0) is 27.3. The molecule has 4 rings (SSSR count). The molecule has 1 saturated heterocycles. The molecular weight excluding hydrogens is 525 g/mol. The first-order chi connectivity index (χ1) is 18.1. The minimum Gasteiger partial charge on any atom is -0.480 e. The fraction of sp³-hybridized carbons (Fsp3) is 0.500. The Morgan fingerprint density at radius 2 is 2.11 bits per heavy atom. The molecule has 8 nitrogen and oxygen atoms in total. The van der Waals surface area contributed by atoms with Crippen molar-refractivity contribution >= 4 is 29.3 Å². The molecule has 0 saturated carbocycles. The molecule has 0 bridgehead atoms. The molecular formula is C26H30ClF3N4O4. The molecule has 12 heteroatoms. The van der Waals surface area contributed by atoms with Crippen LogP contribution in [0.15, 0.2) is 30.3 Å². The molecule has 0 unspecified atom stereocenters. The SMILES string of the molecule is O=C(N[C@@H](CCN1CC[C@@H](CCc2ccc3c(n2)NCCC3)C1)C(=O)O)c1cc(OC(F)(F)F)ccc1Cl. The maximum Gasteiger partial charge on any atom is 0.573 e. The summed E-state index contributed by atoms with van der Waals surface area (Å²) in [4.78, 5) is 31.3. The zero-order valence-electron chi connectivity index (χ0n) is 20.7. The van der Waals surface area contributed by atoms with E-state index in [0.717, 1.165) is 81.4 Å². The number of aromatic nitrogens is 1. The van der Waals surface area contributed by atoms with E-state index in [9.17, 15) is 27.9 Å². The van der Waals surface area contributed by atoms with Crippen LogP contribution in [0.1, 0.15) is 47.3 Å². The van der Waals surface area contributed by atoms with Crippen molar-refractivity contribution < 1.29 is 32.6 Å². The number of likely N-dealkylation sites (tertiary alicyclic amines) is 1. The first-order valence-corrected chi connectivity index (χ1v) is 13.0. The van der Waals surface area contributed by atoms with Crippen LogP contribution in [-0.4, -0.2) is 65.5 Å². The van der Waals surface area contributed by atoms with Gasteiger partial charge in [0.1, 0.15) is 17.6 Å². The molecule has 3 heterocycles. The number of pyridine rings is 1. The number of amides is 1. The summed E-state index contributed by atoms with van der Waals surface area (Å²) in [6.45, 7) is 3.06. The van der Waals surface area contributed by atoms with Crippen LogP contribution in [0.3, 0.4) is 0 Å². The third-order valence-electron chi connectivity index (χ3n) is 6.88. The lowest BCUT2D eigenvalue weighted by molar-refractivity contribution is -0.274. The van der Waals surface area contributed by atoms with Crippen molar-refractivity contribution in [3.05, 3.63) is 52.2 Å². The van der Waals surface area contributed by atoms with Gasteiger partial charge in [-0.25, -0.2) is 9.78 Å². The Morgan fingerprint density at radius 3 is 2.87 bits per heavy atom. The van der Waals surface area contributed by atoms with Gasteiger partial charge in [-0.15, -0.1) is 13.2 Å². The molecule has 2 aliphatic heterocycles. The van der Waals surface area contributed by atoms with E-state index in [0.29, 0.717) is 12.5 Å². The molecule has 2 aromatic rings. The number of anilines is 1. The van der Waals surface area contributed by atoms with Crippen molar-refractivity contribution in [3.63, 3.8) is 0 Å². The van der Waals surface area contributed by atoms with Crippen LogP contribution in [0.2, 0.25) is 5.02 Å². The van der Waals surface area contributed by atoms with E-state index in [1.165, 1.54) is 5.56 Å². The molecule has 1 amide bonds. The topological polar surface area (TPSA) is 104 Å². The van der Waals surface area contributed by atoms with Crippen LogP contribution in [0.5, 0.6) is 5.75 Å². The summed E-state index contributed by atoms with van der Waals surface area (Å²) < 4.78 is 41.4. The van der Waals surface area contributed by atoms with E-state index < -0.39 is 30.0 Å². The Bertz CT molecular complexity index is 1160. The maximum absolute atomic E-state index is 12.6. The smallest absolute Gasteiger partial charge is 0.480 e. The average Bonchev–Trinajstić information content (AvgIpc) is 3.33. The van der Waals surface area contributed by atoms with E-state index in [4.69, 9.17) is 16.6 Å². The Hall–Kier alpha value is -3.05. The molecule has 3 N–H and O–H groups in total. The predicted octanol–water partition coefficient (Wildman–Crippen LogP) is 4.52. The third kappa shape index (κ3) is 7.73. The first kappa shape index (κ1) is 28.0. The van der Waals surface area contributed by atoms with Gasteiger partial charge in [0.15, 0.2) is 0 Å². The van der Waals surface area contributed by atoms with Crippen LogP contribution in [0.4, 0.5) is 19.0 Å². The number of carbonyl (C=O) groups excluding carboxylic acids is 1. The quantitative estimate of drug-likeness (QED) is 0.397. The molecule has 206 valence electrons. The molecule has 0 aliphatic carbocycles. The highest BCUT2D eigenvalue weighted by molar-refractivity contribution is 6.34. The molecule has 0 spiro atoms. The summed E-state index contributed by atoms with van der Waals surface area (Å²) in [6.07, 6.45) is 0.229. The number of fused-ring (bicyclic) bond motifs is 1. The minimum atomic E-state index is -4.94. The number of hydrogen-bond donors (Lipinski definition) is 3. The van der Waals surface area contributed by atoms with Gasteiger partial charge in [0.25, 0.3) is 5.91 Å². The Kier molecular flexibility index (Phi) is 8.99. The highest BCUT2D eigenvalue weighted by Crippen LogP contribution is 2.28. The molecule has 2 aliphatic rings. The highest BCUT2D eigenvalue weighted by atomic mass is 35.5. The summed E-state index contributed by atoms with van der Waals surface area (Å²) in [5, 5.41) is 15.2. The number of ether oxygens (including phenoxy) is 1. The second-order valence-corrected chi connectivity index (χ2v) is 10.1. The van der Waals surface area contributed by atoms with Crippen LogP contribution in [0, 0.1) is 5.92 Å². The van der Waals surface area contributed by atoms with E-state index in [1.807, 2.05) is 0 Å². The van der Waals surface area contributed by atoms with E-state index in [1.54, 1.807) is 0 Å². The standard InChI is InChI=1S/C26H30ClF3N4O4/c27-21-8-7-19(38-26(28,29)30)14-20(21)24(35)33-22(25(36)37)10-13-34-12-9-16(15-34)3-5-18-6-4-17-2-1-11-31-23(17)32-18/h4,6-8,14,16,22H,1-3,5,9-13,15H2,(H,31,32)(H,33,35)(H,36,37)/t16-,22+/m1/s1. The normalized spacial score (nSPS) is 18.4. The Morgan fingerprint density at radius 1 is 1.29 bits per heavy atom. The fourth-order valence-electron chi connectivity index (χ4n) is 4.89. The fourth-order valence-corrected chi connectivity index (χ4v) is 5.10. The lowest BCUT2D eigenvalue weighted by Gasteiger charge is -2.20. The number of alkyl halides is 3. The summed E-state index contributed by atoms with van der Waals surface area (Å²) in [6, 6.07) is 5.92. The van der Waals surface area contributed by atoms with Gasteiger partial charge in [0.2, 0.25) is 0 Å². The van der Waals surface area contributed by atoms with E-state index in [2.05, 4.69) is 32.4 Å². The van der Waals surface area contributed by atoms with Gasteiger partial charge in [-0.3, -0.25) is 4.79 Å². The van der Waals surface area contributed by atoms with Crippen molar-refractivity contribution in [2.75, 3.05) is 31.5 Å². The lowest BCUT2D eigenvalue weighted by Crippen LogP contribution is -2.43. The highest BCUT2D eigenvalue weighted by Gasteiger charge is 2.32. The number of benzene rings is 1. The van der Waals surface area contributed by atoms with Crippen molar-refractivity contribution in [2.24, 2.45) is 5.92 Å². The lowest BCUT2D eigenvalue weighted by atomic mass is 10.00. The third-order valence-corrected chi connectivity index (χ3v) is 7.21. The van der Waals surface area contributed by atoms with Crippen LogP contribution >= 0.6 is 11.6 Å². The molecule has 2 atom stereocenters. The van der Waals surface area contributed by atoms with E-state index >= 15 is 0 Å². The van der Waals surface area contributed by atoms with Gasteiger partial charge < -0.3 is 25.4 Å².